The second kappa shape index (κ2) is 7.14. The number of halogens is 2. The summed E-state index contributed by atoms with van der Waals surface area (Å²) in [5.74, 6) is 0.196. The molecule has 7 heteroatoms. The van der Waals surface area contributed by atoms with E-state index in [1.807, 2.05) is 42.5 Å². The first-order valence-electron chi connectivity index (χ1n) is 8.14. The molecule has 1 saturated carbocycles. The third kappa shape index (κ3) is 3.85. The number of aromatic nitrogens is 1. The largest absolute Gasteiger partial charge is 0.462 e. The molecule has 1 heterocycles. The van der Waals surface area contributed by atoms with Crippen LogP contribution in [0.15, 0.2) is 58.2 Å². The maximum atomic E-state index is 12.4. The van der Waals surface area contributed by atoms with Crippen LogP contribution in [0.2, 0.25) is 0 Å². The van der Waals surface area contributed by atoms with Gasteiger partial charge in [0.2, 0.25) is 0 Å². The summed E-state index contributed by atoms with van der Waals surface area (Å²) in [5.41, 5.74) is 2.96. The molecule has 134 valence electrons. The molecule has 3 aromatic rings. The van der Waals surface area contributed by atoms with Crippen molar-refractivity contribution in [1.29, 1.82) is 0 Å². The number of thioether (sulfide) groups is 1. The minimum absolute atomic E-state index is 0.0102. The summed E-state index contributed by atoms with van der Waals surface area (Å²) < 4.78 is 10.3. The first kappa shape index (κ1) is 17.7. The molecule has 4 rings (SSSR count). The molecule has 0 amide bonds. The van der Waals surface area contributed by atoms with E-state index < -0.39 is 4.33 Å². The molecule has 0 spiro atoms. The lowest BCUT2D eigenvalue weighted by molar-refractivity contribution is 0.0484. The van der Waals surface area contributed by atoms with Crippen molar-refractivity contribution in [2.24, 2.45) is 5.92 Å². The van der Waals surface area contributed by atoms with E-state index in [0.717, 1.165) is 16.7 Å². The SMILES string of the molecule is O=C(OCC1CC1(Cl)Cl)c1ccccc1CSc1nc2ccccc2o1. The molecule has 4 nitrogen and oxygen atoms in total. The van der Waals surface area contributed by atoms with Crippen LogP contribution in [0.1, 0.15) is 22.3 Å². The molecule has 0 saturated heterocycles. The second-order valence-corrected chi connectivity index (χ2v) is 8.62. The Hall–Kier alpha value is -1.69. The maximum Gasteiger partial charge on any atom is 0.338 e. The van der Waals surface area contributed by atoms with Crippen LogP contribution in [0.4, 0.5) is 0 Å². The number of fused-ring (bicyclic) bond motifs is 1. The first-order chi connectivity index (χ1) is 12.5. The van der Waals surface area contributed by atoms with Crippen molar-refractivity contribution in [3.05, 3.63) is 59.7 Å². The van der Waals surface area contributed by atoms with E-state index in [2.05, 4.69) is 4.98 Å². The van der Waals surface area contributed by atoms with Gasteiger partial charge in [0.1, 0.15) is 9.85 Å². The molecule has 1 atom stereocenters. The highest BCUT2D eigenvalue weighted by Gasteiger charge is 2.52. The van der Waals surface area contributed by atoms with E-state index in [-0.39, 0.29) is 18.5 Å². The van der Waals surface area contributed by atoms with Crippen molar-refractivity contribution < 1.29 is 13.9 Å². The molecular formula is C19H15Cl2NO3S. The van der Waals surface area contributed by atoms with Crippen molar-refractivity contribution >= 4 is 52.0 Å². The summed E-state index contributed by atoms with van der Waals surface area (Å²) in [5, 5.41) is 0.571. The topological polar surface area (TPSA) is 52.3 Å². The van der Waals surface area contributed by atoms with Crippen LogP contribution < -0.4 is 0 Å². The number of oxazole rings is 1. The first-order valence-corrected chi connectivity index (χ1v) is 9.88. The smallest absolute Gasteiger partial charge is 0.338 e. The van der Waals surface area contributed by atoms with Gasteiger partial charge in [-0.3, -0.25) is 0 Å². The van der Waals surface area contributed by atoms with Crippen molar-refractivity contribution in [2.75, 3.05) is 6.61 Å². The summed E-state index contributed by atoms with van der Waals surface area (Å²) in [6.45, 7) is 0.235. The molecule has 1 aliphatic rings. The Balaban J connectivity index is 1.42. The van der Waals surface area contributed by atoms with Crippen molar-refractivity contribution in [3.63, 3.8) is 0 Å². The Labute approximate surface area is 164 Å². The van der Waals surface area contributed by atoms with Gasteiger partial charge in [0.15, 0.2) is 5.58 Å². The summed E-state index contributed by atoms with van der Waals surface area (Å²) in [6.07, 6.45) is 0.651. The third-order valence-electron chi connectivity index (χ3n) is 4.23. The van der Waals surface area contributed by atoms with E-state index in [9.17, 15) is 4.79 Å². The molecule has 1 aliphatic carbocycles. The van der Waals surface area contributed by atoms with Gasteiger partial charge < -0.3 is 9.15 Å². The van der Waals surface area contributed by atoms with Gasteiger partial charge in [-0.25, -0.2) is 9.78 Å². The second-order valence-electron chi connectivity index (χ2n) is 6.15. The Morgan fingerprint density at radius 3 is 2.73 bits per heavy atom. The predicted octanol–water partition coefficient (Wildman–Crippen LogP) is 5.47. The van der Waals surface area contributed by atoms with Crippen LogP contribution in [0.5, 0.6) is 0 Å². The molecule has 1 unspecified atom stereocenters. The van der Waals surface area contributed by atoms with E-state index in [0.29, 0.717) is 23.0 Å². The number of ether oxygens (including phenoxy) is 1. The Kier molecular flexibility index (Phi) is 4.86. The number of hydrogen-bond donors (Lipinski definition) is 0. The third-order valence-corrected chi connectivity index (χ3v) is 6.04. The normalized spacial score (nSPS) is 18.0. The maximum absolute atomic E-state index is 12.4. The predicted molar refractivity (Wildman–Crippen MR) is 103 cm³/mol. The number of carbonyl (C=O) groups excluding carboxylic acids is 1. The van der Waals surface area contributed by atoms with E-state index in [1.54, 1.807) is 6.07 Å². The molecule has 26 heavy (non-hydrogen) atoms. The molecule has 1 aromatic heterocycles. The minimum atomic E-state index is -0.747. The van der Waals surface area contributed by atoms with Crippen LogP contribution in [-0.4, -0.2) is 21.9 Å². The molecular weight excluding hydrogens is 393 g/mol. The Morgan fingerprint density at radius 1 is 1.23 bits per heavy atom. The molecule has 1 fully saturated rings. The van der Waals surface area contributed by atoms with E-state index in [1.165, 1.54) is 11.8 Å². The van der Waals surface area contributed by atoms with E-state index in [4.69, 9.17) is 32.4 Å². The van der Waals surface area contributed by atoms with Crippen LogP contribution >= 0.6 is 35.0 Å². The minimum Gasteiger partial charge on any atom is -0.462 e. The highest BCUT2D eigenvalue weighted by atomic mass is 35.5. The van der Waals surface area contributed by atoms with Crippen LogP contribution in [0, 0.1) is 5.92 Å². The van der Waals surface area contributed by atoms with Crippen molar-refractivity contribution in [1.82, 2.24) is 4.98 Å². The standard InChI is InChI=1S/C19H15Cl2NO3S/c20-19(21)9-13(19)10-24-17(23)14-6-2-1-5-12(14)11-26-18-22-15-7-3-4-8-16(15)25-18/h1-8,13H,9-11H2. The fraction of sp³-hybridized carbons (Fsp3) is 0.263. The molecule has 0 N–H and O–H groups in total. The summed E-state index contributed by atoms with van der Waals surface area (Å²) in [6, 6.07) is 15.0. The molecule has 0 aliphatic heterocycles. The number of benzene rings is 2. The number of esters is 1. The van der Waals surface area contributed by atoms with Gasteiger partial charge in [-0.15, -0.1) is 23.2 Å². The van der Waals surface area contributed by atoms with Crippen molar-refractivity contribution in [2.45, 2.75) is 21.7 Å². The van der Waals surface area contributed by atoms with Crippen LogP contribution in [0.3, 0.4) is 0 Å². The molecule has 2 aromatic carbocycles. The van der Waals surface area contributed by atoms with Crippen LogP contribution in [0.25, 0.3) is 11.1 Å². The lowest BCUT2D eigenvalue weighted by Gasteiger charge is -2.09. The summed E-state index contributed by atoms with van der Waals surface area (Å²) >= 11 is 13.4. The summed E-state index contributed by atoms with van der Waals surface area (Å²) in [7, 11) is 0. The molecule has 0 bridgehead atoms. The lowest BCUT2D eigenvalue weighted by atomic mass is 10.1. The highest BCUT2D eigenvalue weighted by molar-refractivity contribution is 7.98. The monoisotopic (exact) mass is 407 g/mol. The summed E-state index contributed by atoms with van der Waals surface area (Å²) in [4.78, 5) is 16.8. The number of carbonyl (C=O) groups is 1. The van der Waals surface area contributed by atoms with Gasteiger partial charge in [-0.2, -0.15) is 0 Å². The fourth-order valence-electron chi connectivity index (χ4n) is 2.60. The van der Waals surface area contributed by atoms with Gasteiger partial charge >= 0.3 is 5.97 Å². The van der Waals surface area contributed by atoms with Gasteiger partial charge in [-0.05, 0) is 30.2 Å². The highest BCUT2D eigenvalue weighted by Crippen LogP contribution is 2.53. The zero-order valence-electron chi connectivity index (χ0n) is 13.7. The number of para-hydroxylation sites is 2. The van der Waals surface area contributed by atoms with E-state index >= 15 is 0 Å². The van der Waals surface area contributed by atoms with Crippen molar-refractivity contribution in [3.8, 4) is 0 Å². The average Bonchev–Trinajstić information content (AvgIpc) is 3.06. The average molecular weight is 408 g/mol. The zero-order chi connectivity index (χ0) is 18.1. The Bertz CT molecular complexity index is 924. The van der Waals surface area contributed by atoms with Gasteiger partial charge in [0, 0.05) is 11.7 Å². The van der Waals surface area contributed by atoms with Gasteiger partial charge in [0.05, 0.1) is 12.2 Å². The number of alkyl halides is 2. The van der Waals surface area contributed by atoms with Gasteiger partial charge in [0.25, 0.3) is 5.22 Å². The fourth-order valence-corrected chi connectivity index (χ4v) is 3.94. The zero-order valence-corrected chi connectivity index (χ0v) is 16.0. The lowest BCUT2D eigenvalue weighted by Crippen LogP contribution is -2.11. The quantitative estimate of drug-likeness (QED) is 0.308. The number of nitrogens with zero attached hydrogens (tertiary/aromatic N) is 1. The van der Waals surface area contributed by atoms with Gasteiger partial charge in [-0.1, -0.05) is 42.1 Å². The number of hydrogen-bond acceptors (Lipinski definition) is 5. The molecule has 0 radical (unpaired) electrons. The Morgan fingerprint density at radius 2 is 1.96 bits per heavy atom. The van der Waals surface area contributed by atoms with Crippen LogP contribution in [-0.2, 0) is 10.5 Å². The number of rotatable bonds is 6.